The summed E-state index contributed by atoms with van der Waals surface area (Å²) in [5.74, 6) is 0.232. The number of carbonyl (C=O) groups is 1. The quantitative estimate of drug-likeness (QED) is 0.358. The van der Waals surface area contributed by atoms with Crippen molar-refractivity contribution in [3.8, 4) is 5.75 Å². The maximum atomic E-state index is 13.0. The van der Waals surface area contributed by atoms with Gasteiger partial charge < -0.3 is 9.47 Å². The van der Waals surface area contributed by atoms with Crippen molar-refractivity contribution in [2.75, 3.05) is 6.61 Å². The van der Waals surface area contributed by atoms with Gasteiger partial charge in [0.05, 0.1) is 34.2 Å². The molecule has 4 rings (SSSR count). The predicted molar refractivity (Wildman–Crippen MR) is 130 cm³/mol. The third-order valence-electron chi connectivity index (χ3n) is 4.86. The van der Waals surface area contributed by atoms with Gasteiger partial charge >= 0.3 is 5.97 Å². The molecule has 0 bridgehead atoms. The van der Waals surface area contributed by atoms with Gasteiger partial charge in [-0.15, -0.1) is 0 Å². The lowest BCUT2D eigenvalue weighted by atomic mass is 10.1. The summed E-state index contributed by atoms with van der Waals surface area (Å²) in [6, 6.07) is 11.1. The minimum atomic E-state index is -0.649. The fourth-order valence-electron chi connectivity index (χ4n) is 3.60. The molecule has 2 aromatic heterocycles. The lowest BCUT2D eigenvalue weighted by molar-refractivity contribution is -0.155. The fourth-order valence-corrected chi connectivity index (χ4v) is 4.05. The molecule has 0 radical (unpaired) electrons. The minimum Gasteiger partial charge on any atom is -0.493 e. The first-order valence-corrected chi connectivity index (χ1v) is 11.4. The molecule has 0 fully saturated rings. The van der Waals surface area contributed by atoms with E-state index in [0.29, 0.717) is 24.2 Å². The average Bonchev–Trinajstić information content (AvgIpc) is 3.11. The van der Waals surface area contributed by atoms with Crippen LogP contribution in [0, 0.1) is 0 Å². The molecule has 0 saturated carbocycles. The summed E-state index contributed by atoms with van der Waals surface area (Å²) in [6.07, 6.45) is 1.91. The van der Waals surface area contributed by atoms with Gasteiger partial charge in [-0.05, 0) is 61.8 Å². The number of esters is 1. The Morgan fingerprint density at radius 2 is 1.85 bits per heavy atom. The van der Waals surface area contributed by atoms with Gasteiger partial charge in [0, 0.05) is 17.0 Å². The zero-order valence-corrected chi connectivity index (χ0v) is 20.5. The van der Waals surface area contributed by atoms with E-state index >= 15 is 0 Å². The Labute approximate surface area is 199 Å². The number of carbonyl (C=O) groups excluding carboxylic acids is 1. The average molecular weight is 513 g/mol. The molecule has 33 heavy (non-hydrogen) atoms. The summed E-state index contributed by atoms with van der Waals surface area (Å²) in [6.45, 7) is 7.90. The highest BCUT2D eigenvalue weighted by molar-refractivity contribution is 9.10. The van der Waals surface area contributed by atoms with Crippen molar-refractivity contribution >= 4 is 43.6 Å². The second-order valence-corrected chi connectivity index (χ2v) is 9.50. The highest BCUT2D eigenvalue weighted by Gasteiger charge is 2.19. The summed E-state index contributed by atoms with van der Waals surface area (Å²) in [4.78, 5) is 25.3. The third-order valence-corrected chi connectivity index (χ3v) is 5.48. The molecular weight excluding hydrogens is 488 g/mol. The van der Waals surface area contributed by atoms with Crippen LogP contribution >= 0.6 is 15.9 Å². The molecule has 4 aromatic rings. The standard InChI is InChI=1S/C24H25BrN4O4/c1-5-32-21-10-15-12-28(26-19(15)11-18(21)25)13-20-16-8-6-7-9-17(16)23(31)29(27-20)14-22(30)33-24(2,3)4/h6-12H,5,13-14H2,1-4H3. The van der Waals surface area contributed by atoms with Crippen LogP contribution in [0.4, 0.5) is 0 Å². The maximum absolute atomic E-state index is 13.0. The van der Waals surface area contributed by atoms with Crippen LogP contribution in [0.15, 0.2) is 51.9 Å². The van der Waals surface area contributed by atoms with Crippen molar-refractivity contribution in [1.29, 1.82) is 0 Å². The van der Waals surface area contributed by atoms with Crippen molar-refractivity contribution in [3.63, 3.8) is 0 Å². The molecule has 0 N–H and O–H groups in total. The number of halogens is 1. The molecule has 0 atom stereocenters. The second-order valence-electron chi connectivity index (χ2n) is 8.64. The van der Waals surface area contributed by atoms with E-state index in [1.807, 2.05) is 37.4 Å². The summed E-state index contributed by atoms with van der Waals surface area (Å²) >= 11 is 3.52. The molecule has 9 heteroatoms. The van der Waals surface area contributed by atoms with Crippen LogP contribution < -0.4 is 10.3 Å². The van der Waals surface area contributed by atoms with E-state index < -0.39 is 11.6 Å². The van der Waals surface area contributed by atoms with E-state index in [1.165, 1.54) is 4.68 Å². The Morgan fingerprint density at radius 1 is 1.12 bits per heavy atom. The molecule has 2 heterocycles. The molecule has 0 saturated heterocycles. The van der Waals surface area contributed by atoms with E-state index in [9.17, 15) is 9.59 Å². The first kappa shape index (κ1) is 23.0. The van der Waals surface area contributed by atoms with E-state index in [2.05, 4.69) is 26.1 Å². The number of aromatic nitrogens is 4. The van der Waals surface area contributed by atoms with Crippen molar-refractivity contribution in [2.45, 2.75) is 46.4 Å². The summed E-state index contributed by atoms with van der Waals surface area (Å²) in [5.41, 5.74) is 0.447. The number of hydrogen-bond donors (Lipinski definition) is 0. The summed E-state index contributed by atoms with van der Waals surface area (Å²) in [5, 5.41) is 11.3. The Morgan fingerprint density at radius 3 is 2.55 bits per heavy atom. The molecule has 0 spiro atoms. The molecule has 0 amide bonds. The zero-order valence-electron chi connectivity index (χ0n) is 19.0. The number of hydrogen-bond acceptors (Lipinski definition) is 6. The SMILES string of the molecule is CCOc1cc2cn(Cc3nn(CC(=O)OC(C)(C)C)c(=O)c4ccccc34)nc2cc1Br. The second kappa shape index (κ2) is 8.97. The molecule has 0 aliphatic heterocycles. The van der Waals surface area contributed by atoms with Gasteiger partial charge in [-0.2, -0.15) is 10.2 Å². The Bertz CT molecular complexity index is 1400. The van der Waals surface area contributed by atoms with Crippen molar-refractivity contribution in [3.05, 3.63) is 63.1 Å². The number of benzene rings is 2. The fraction of sp³-hybridized carbons (Fsp3) is 0.333. The summed E-state index contributed by atoms with van der Waals surface area (Å²) in [7, 11) is 0. The smallest absolute Gasteiger partial charge is 0.328 e. The van der Waals surface area contributed by atoms with Gasteiger partial charge in [0.1, 0.15) is 17.9 Å². The van der Waals surface area contributed by atoms with Crippen LogP contribution in [0.3, 0.4) is 0 Å². The van der Waals surface area contributed by atoms with E-state index in [-0.39, 0.29) is 12.1 Å². The Hall–Kier alpha value is -3.20. The van der Waals surface area contributed by atoms with Crippen molar-refractivity contribution in [2.24, 2.45) is 0 Å². The monoisotopic (exact) mass is 512 g/mol. The molecular formula is C24H25BrN4O4. The largest absolute Gasteiger partial charge is 0.493 e. The number of rotatable bonds is 6. The molecule has 172 valence electrons. The van der Waals surface area contributed by atoms with Crippen LogP contribution in [-0.2, 0) is 22.6 Å². The number of ether oxygens (including phenoxy) is 2. The maximum Gasteiger partial charge on any atom is 0.328 e. The van der Waals surface area contributed by atoms with E-state index in [0.717, 1.165) is 26.5 Å². The van der Waals surface area contributed by atoms with Gasteiger partial charge in [-0.25, -0.2) is 4.68 Å². The highest BCUT2D eigenvalue weighted by atomic mass is 79.9. The lowest BCUT2D eigenvalue weighted by Crippen LogP contribution is -2.32. The first-order valence-electron chi connectivity index (χ1n) is 10.6. The predicted octanol–water partition coefficient (Wildman–Crippen LogP) is 4.30. The first-order chi connectivity index (χ1) is 15.6. The molecule has 0 aliphatic rings. The number of fused-ring (bicyclic) bond motifs is 2. The third kappa shape index (κ3) is 5.08. The minimum absolute atomic E-state index is 0.264. The van der Waals surface area contributed by atoms with Crippen LogP contribution in [0.25, 0.3) is 21.7 Å². The molecule has 0 aliphatic carbocycles. The molecule has 0 unspecified atom stereocenters. The molecule has 2 aromatic carbocycles. The normalized spacial score (nSPS) is 11.8. The molecule has 8 nitrogen and oxygen atoms in total. The van der Waals surface area contributed by atoms with Gasteiger partial charge in [-0.3, -0.25) is 14.3 Å². The van der Waals surface area contributed by atoms with Crippen LogP contribution in [0.1, 0.15) is 33.4 Å². The van der Waals surface area contributed by atoms with Gasteiger partial charge in [0.2, 0.25) is 0 Å². The number of nitrogens with zero attached hydrogens (tertiary/aromatic N) is 4. The van der Waals surface area contributed by atoms with Crippen LogP contribution in [0.5, 0.6) is 5.75 Å². The topological polar surface area (TPSA) is 88.2 Å². The van der Waals surface area contributed by atoms with Gasteiger partial charge in [0.15, 0.2) is 0 Å². The van der Waals surface area contributed by atoms with E-state index in [4.69, 9.17) is 9.47 Å². The van der Waals surface area contributed by atoms with Crippen molar-refractivity contribution in [1.82, 2.24) is 19.6 Å². The van der Waals surface area contributed by atoms with Crippen LogP contribution in [-0.4, -0.2) is 37.7 Å². The van der Waals surface area contributed by atoms with E-state index in [1.54, 1.807) is 37.6 Å². The highest BCUT2D eigenvalue weighted by Crippen LogP contribution is 2.30. The zero-order chi connectivity index (χ0) is 23.8. The van der Waals surface area contributed by atoms with Gasteiger partial charge in [0.25, 0.3) is 5.56 Å². The Kier molecular flexibility index (Phi) is 6.25. The van der Waals surface area contributed by atoms with Crippen molar-refractivity contribution < 1.29 is 14.3 Å². The summed E-state index contributed by atoms with van der Waals surface area (Å²) < 4.78 is 14.8. The van der Waals surface area contributed by atoms with Crippen LogP contribution in [0.2, 0.25) is 0 Å². The lowest BCUT2D eigenvalue weighted by Gasteiger charge is -2.19. The van der Waals surface area contributed by atoms with Gasteiger partial charge in [-0.1, -0.05) is 18.2 Å². The Balaban J connectivity index is 1.73.